The minimum absolute atomic E-state index is 0.171. The molecule has 2 N–H and O–H groups in total. The first-order valence-electron chi connectivity index (χ1n) is 7.26. The number of aryl methyl sites for hydroxylation is 1. The number of nitrogens with two attached hydrogens (primary N) is 1. The van der Waals surface area contributed by atoms with Crippen LogP contribution in [0.3, 0.4) is 0 Å². The average molecular weight is 352 g/mol. The summed E-state index contributed by atoms with van der Waals surface area (Å²) < 4.78 is 11.8. The first-order valence-corrected chi connectivity index (χ1v) is 8.03. The molecule has 0 unspecified atom stereocenters. The highest BCUT2D eigenvalue weighted by Gasteiger charge is 2.15. The molecule has 1 aromatic carbocycles. The normalized spacial score (nSPS) is 10.8. The lowest BCUT2D eigenvalue weighted by Gasteiger charge is -1.99. The van der Waals surface area contributed by atoms with Crippen molar-refractivity contribution in [1.82, 2.24) is 34.5 Å². The first-order chi connectivity index (χ1) is 12.2. The number of aromatic nitrogens is 7. The van der Waals surface area contributed by atoms with Gasteiger partial charge in [0.1, 0.15) is 11.2 Å². The highest BCUT2D eigenvalue weighted by molar-refractivity contribution is 7.12. The quantitative estimate of drug-likeness (QED) is 0.487. The number of rotatable bonds is 1. The summed E-state index contributed by atoms with van der Waals surface area (Å²) in [5.74, 6) is 0.768. The van der Waals surface area contributed by atoms with E-state index in [-0.39, 0.29) is 5.95 Å². The molecule has 0 radical (unpaired) electrons. The van der Waals surface area contributed by atoms with Crippen LogP contribution >= 0.6 is 11.5 Å². The van der Waals surface area contributed by atoms with E-state index >= 15 is 0 Å². The van der Waals surface area contributed by atoms with Crippen LogP contribution in [-0.2, 0) is 7.05 Å². The van der Waals surface area contributed by atoms with Crippen LogP contribution in [0.5, 0.6) is 0 Å². The maximum absolute atomic E-state index is 5.63. The Morgan fingerprint density at radius 1 is 1.08 bits per heavy atom. The second-order valence-corrected chi connectivity index (χ2v) is 5.82. The van der Waals surface area contributed by atoms with Crippen LogP contribution in [0, 0.1) is 0 Å². The number of benzene rings is 1. The van der Waals surface area contributed by atoms with Crippen LogP contribution in [0.25, 0.3) is 32.8 Å². The fourth-order valence-corrected chi connectivity index (χ4v) is 2.80. The van der Waals surface area contributed by atoms with E-state index in [1.54, 1.807) is 30.1 Å². The third-order valence-corrected chi connectivity index (χ3v) is 4.08. The summed E-state index contributed by atoms with van der Waals surface area (Å²) in [5.41, 5.74) is 8.33. The monoisotopic (exact) mass is 352 g/mol. The molecule has 5 rings (SSSR count). The first kappa shape index (κ1) is 15.1. The van der Waals surface area contributed by atoms with Gasteiger partial charge in [-0.05, 0) is 35.8 Å². The topological polar surface area (TPSA) is 121 Å². The second-order valence-electron chi connectivity index (χ2n) is 5.03. The second kappa shape index (κ2) is 6.24. The minimum atomic E-state index is 0.171. The van der Waals surface area contributed by atoms with E-state index in [1.165, 1.54) is 11.5 Å². The molecule has 0 aliphatic rings. The van der Waals surface area contributed by atoms with Gasteiger partial charge in [-0.25, -0.2) is 9.67 Å². The number of anilines is 1. The van der Waals surface area contributed by atoms with E-state index in [0.717, 1.165) is 10.2 Å². The molecule has 25 heavy (non-hydrogen) atoms. The van der Waals surface area contributed by atoms with Crippen molar-refractivity contribution in [2.45, 2.75) is 0 Å². The number of hydrogen-bond acceptors (Lipinski definition) is 9. The minimum Gasteiger partial charge on any atom is -0.463 e. The highest BCUT2D eigenvalue weighted by atomic mass is 32.1. The molecular formula is C15H12N8OS. The molecule has 0 atom stereocenters. The van der Waals surface area contributed by atoms with Crippen molar-refractivity contribution in [3.63, 3.8) is 0 Å². The zero-order valence-electron chi connectivity index (χ0n) is 13.1. The van der Waals surface area contributed by atoms with Gasteiger partial charge in [-0.2, -0.15) is 4.98 Å². The molecule has 10 heteroatoms. The third kappa shape index (κ3) is 2.90. The van der Waals surface area contributed by atoms with E-state index in [9.17, 15) is 0 Å². The fraction of sp³-hybridized carbons (Fsp3) is 0.0667. The Balaban J connectivity index is 0.000000147. The number of nitrogen functional groups attached to an aromatic ring is 1. The predicted molar refractivity (Wildman–Crippen MR) is 93.6 cm³/mol. The van der Waals surface area contributed by atoms with Gasteiger partial charge in [-0.15, -0.1) is 10.2 Å². The van der Waals surface area contributed by atoms with Crippen molar-refractivity contribution < 1.29 is 4.42 Å². The van der Waals surface area contributed by atoms with Gasteiger partial charge in [-0.3, -0.25) is 0 Å². The SMILES string of the molecule is Cn1nnc2c(-c3ccco3)nc(N)nc21.c1ccc2snnc2c1. The summed E-state index contributed by atoms with van der Waals surface area (Å²) in [6.45, 7) is 0. The summed E-state index contributed by atoms with van der Waals surface area (Å²) in [5, 5.41) is 11.7. The number of hydrogen-bond donors (Lipinski definition) is 1. The van der Waals surface area contributed by atoms with E-state index in [2.05, 4.69) is 29.9 Å². The zero-order chi connectivity index (χ0) is 17.2. The Morgan fingerprint density at radius 3 is 2.76 bits per heavy atom. The Kier molecular flexibility index (Phi) is 3.78. The maximum Gasteiger partial charge on any atom is 0.222 e. The van der Waals surface area contributed by atoms with Gasteiger partial charge in [0.05, 0.1) is 11.0 Å². The largest absolute Gasteiger partial charge is 0.463 e. The molecule has 0 aliphatic heterocycles. The smallest absolute Gasteiger partial charge is 0.222 e. The Labute approximate surface area is 145 Å². The fourth-order valence-electron chi connectivity index (χ4n) is 2.24. The Hall–Kier alpha value is -3.40. The van der Waals surface area contributed by atoms with E-state index in [0.29, 0.717) is 22.6 Å². The third-order valence-electron chi connectivity index (χ3n) is 3.38. The molecule has 0 amide bonds. The van der Waals surface area contributed by atoms with Crippen LogP contribution < -0.4 is 5.73 Å². The van der Waals surface area contributed by atoms with Crippen molar-refractivity contribution in [3.05, 3.63) is 42.7 Å². The molecule has 0 bridgehead atoms. The maximum atomic E-state index is 5.63. The van der Waals surface area contributed by atoms with Gasteiger partial charge in [0.25, 0.3) is 0 Å². The summed E-state index contributed by atoms with van der Waals surface area (Å²) in [4.78, 5) is 8.18. The highest BCUT2D eigenvalue weighted by Crippen LogP contribution is 2.24. The summed E-state index contributed by atoms with van der Waals surface area (Å²) >= 11 is 1.43. The van der Waals surface area contributed by atoms with Gasteiger partial charge in [0.2, 0.25) is 5.95 Å². The van der Waals surface area contributed by atoms with Gasteiger partial charge in [0, 0.05) is 7.05 Å². The molecule has 5 aromatic rings. The van der Waals surface area contributed by atoms with Gasteiger partial charge >= 0.3 is 0 Å². The molecule has 0 spiro atoms. The zero-order valence-corrected chi connectivity index (χ0v) is 13.9. The molecular weight excluding hydrogens is 340 g/mol. The van der Waals surface area contributed by atoms with Crippen molar-refractivity contribution in [2.24, 2.45) is 7.05 Å². The lowest BCUT2D eigenvalue weighted by Crippen LogP contribution is -1.99. The van der Waals surface area contributed by atoms with Crippen LogP contribution in [0.4, 0.5) is 5.95 Å². The number of furan rings is 1. The number of nitrogens with zero attached hydrogens (tertiary/aromatic N) is 7. The van der Waals surface area contributed by atoms with Crippen LogP contribution in [-0.4, -0.2) is 34.5 Å². The molecule has 4 heterocycles. The standard InChI is InChI=1S/C9H8N6O.C6H4N2S/c1-15-8-7(13-14-15)6(11-9(10)12-8)5-3-2-4-16-5;1-2-4-6-5(3-1)7-8-9-6/h2-4H,1H3,(H2,10,11,12);1-4H. The molecule has 0 aliphatic carbocycles. The Morgan fingerprint density at radius 2 is 1.96 bits per heavy atom. The lowest BCUT2D eigenvalue weighted by atomic mass is 10.3. The molecule has 0 fully saturated rings. The molecule has 9 nitrogen and oxygen atoms in total. The van der Waals surface area contributed by atoms with Crippen LogP contribution in [0.2, 0.25) is 0 Å². The van der Waals surface area contributed by atoms with Crippen molar-refractivity contribution in [2.75, 3.05) is 5.73 Å². The molecule has 4 aromatic heterocycles. The van der Waals surface area contributed by atoms with Crippen LogP contribution in [0.1, 0.15) is 0 Å². The van der Waals surface area contributed by atoms with Crippen LogP contribution in [0.15, 0.2) is 47.1 Å². The van der Waals surface area contributed by atoms with Gasteiger partial charge in [0.15, 0.2) is 16.9 Å². The Bertz CT molecular complexity index is 1100. The van der Waals surface area contributed by atoms with E-state index in [4.69, 9.17) is 10.2 Å². The summed E-state index contributed by atoms with van der Waals surface area (Å²) in [7, 11) is 1.74. The van der Waals surface area contributed by atoms with Gasteiger partial charge in [-0.1, -0.05) is 21.8 Å². The molecule has 0 saturated heterocycles. The number of fused-ring (bicyclic) bond motifs is 2. The van der Waals surface area contributed by atoms with Gasteiger partial charge < -0.3 is 10.2 Å². The average Bonchev–Trinajstić information content (AvgIpc) is 3.36. The summed E-state index contributed by atoms with van der Waals surface area (Å²) in [6.07, 6.45) is 1.57. The van der Waals surface area contributed by atoms with Crippen molar-refractivity contribution >= 4 is 38.9 Å². The van der Waals surface area contributed by atoms with Crippen molar-refractivity contribution in [3.8, 4) is 11.5 Å². The predicted octanol–water partition coefficient (Wildman–Crippen LogP) is 2.29. The van der Waals surface area contributed by atoms with E-state index < -0.39 is 0 Å². The molecule has 124 valence electrons. The van der Waals surface area contributed by atoms with E-state index in [1.807, 2.05) is 24.3 Å². The summed E-state index contributed by atoms with van der Waals surface area (Å²) in [6, 6.07) is 11.5. The lowest BCUT2D eigenvalue weighted by molar-refractivity contribution is 0.580. The van der Waals surface area contributed by atoms with Crippen molar-refractivity contribution in [1.29, 1.82) is 0 Å². The molecule has 0 saturated carbocycles.